The molecular formula is C7H7O4P. The van der Waals surface area contributed by atoms with Crippen LogP contribution >= 0.6 is 8.60 Å². The van der Waals surface area contributed by atoms with E-state index in [-0.39, 0.29) is 5.75 Å². The fourth-order valence-corrected chi connectivity index (χ4v) is 1.09. The molecule has 0 aliphatic carbocycles. The first kappa shape index (κ1) is 9.13. The average molecular weight is 186 g/mol. The average Bonchev–Trinajstić information content (AvgIpc) is 2.04. The van der Waals surface area contributed by atoms with Gasteiger partial charge in [-0.2, -0.15) is 0 Å². The zero-order chi connectivity index (χ0) is 8.97. The fourth-order valence-electron chi connectivity index (χ4n) is 0.749. The third-order valence-electron chi connectivity index (χ3n) is 1.23. The smallest absolute Gasteiger partial charge is 0.391 e. The van der Waals surface area contributed by atoms with E-state index in [1.807, 2.05) is 0 Å². The van der Waals surface area contributed by atoms with E-state index in [1.54, 1.807) is 12.1 Å². The van der Waals surface area contributed by atoms with Gasteiger partial charge in [-0.1, -0.05) is 12.1 Å². The van der Waals surface area contributed by atoms with Gasteiger partial charge in [0.1, 0.15) is 5.75 Å². The van der Waals surface area contributed by atoms with Crippen LogP contribution in [0.2, 0.25) is 0 Å². The lowest BCUT2D eigenvalue weighted by Crippen LogP contribution is -1.89. The van der Waals surface area contributed by atoms with Crippen LogP contribution in [0.15, 0.2) is 24.3 Å². The highest BCUT2D eigenvalue weighted by Crippen LogP contribution is 2.30. The van der Waals surface area contributed by atoms with Crippen LogP contribution in [0.4, 0.5) is 0 Å². The highest BCUT2D eigenvalue weighted by Gasteiger charge is 2.06. The monoisotopic (exact) mass is 186 g/mol. The molecule has 0 aromatic heterocycles. The Balaban J connectivity index is 2.89. The van der Waals surface area contributed by atoms with Crippen molar-refractivity contribution >= 4 is 14.9 Å². The van der Waals surface area contributed by atoms with Crippen LogP contribution in [-0.2, 0) is 0 Å². The Morgan fingerprint density at radius 3 is 2.58 bits per heavy atom. The lowest BCUT2D eigenvalue weighted by molar-refractivity contribution is 0.112. The SMILES string of the molecule is O=Cc1ccccc1OP(O)O. The van der Waals surface area contributed by atoms with Crippen LogP contribution in [0, 0.1) is 0 Å². The first-order valence-electron chi connectivity index (χ1n) is 3.14. The molecule has 0 aliphatic heterocycles. The van der Waals surface area contributed by atoms with Gasteiger partial charge >= 0.3 is 8.60 Å². The summed E-state index contributed by atoms with van der Waals surface area (Å²) < 4.78 is 4.58. The van der Waals surface area contributed by atoms with Crippen molar-refractivity contribution in [1.29, 1.82) is 0 Å². The summed E-state index contributed by atoms with van der Waals surface area (Å²) in [5.41, 5.74) is 0.299. The van der Waals surface area contributed by atoms with E-state index in [0.29, 0.717) is 11.8 Å². The number of para-hydroxylation sites is 1. The highest BCUT2D eigenvalue weighted by atomic mass is 31.2. The number of carbonyl (C=O) groups is 1. The third-order valence-corrected chi connectivity index (χ3v) is 1.59. The Kier molecular flexibility index (Phi) is 3.17. The number of hydrogen-bond acceptors (Lipinski definition) is 4. The zero-order valence-corrected chi connectivity index (χ0v) is 6.94. The largest absolute Gasteiger partial charge is 0.426 e. The molecule has 1 aromatic rings. The van der Waals surface area contributed by atoms with Crippen LogP contribution in [-0.4, -0.2) is 16.1 Å². The summed E-state index contributed by atoms with van der Waals surface area (Å²) in [6, 6.07) is 6.32. The number of carbonyl (C=O) groups excluding carboxylic acids is 1. The van der Waals surface area contributed by atoms with E-state index in [2.05, 4.69) is 4.52 Å². The van der Waals surface area contributed by atoms with Gasteiger partial charge in [0, 0.05) is 0 Å². The first-order chi connectivity index (χ1) is 5.74. The van der Waals surface area contributed by atoms with Gasteiger partial charge in [0.05, 0.1) is 5.56 Å². The number of benzene rings is 1. The van der Waals surface area contributed by atoms with Crippen LogP contribution in [0.5, 0.6) is 5.75 Å². The molecule has 0 atom stereocenters. The van der Waals surface area contributed by atoms with E-state index in [0.717, 1.165) is 0 Å². The molecule has 12 heavy (non-hydrogen) atoms. The summed E-state index contributed by atoms with van der Waals surface area (Å²) >= 11 is 0. The summed E-state index contributed by atoms with van der Waals surface area (Å²) in [6.07, 6.45) is 0.591. The quantitative estimate of drug-likeness (QED) is 0.547. The minimum atomic E-state index is -2.46. The van der Waals surface area contributed by atoms with Gasteiger partial charge < -0.3 is 14.3 Å². The van der Waals surface area contributed by atoms with Crippen molar-refractivity contribution in [3.63, 3.8) is 0 Å². The molecule has 2 N–H and O–H groups in total. The molecule has 0 amide bonds. The second-order valence-corrected chi connectivity index (χ2v) is 2.69. The lowest BCUT2D eigenvalue weighted by atomic mass is 10.2. The molecule has 1 rings (SSSR count). The first-order valence-corrected chi connectivity index (χ1v) is 4.30. The summed E-state index contributed by atoms with van der Waals surface area (Å²) in [6.45, 7) is 0. The molecular weight excluding hydrogens is 179 g/mol. The number of aldehydes is 1. The standard InChI is InChI=1S/C7H7O4P/c8-5-6-3-1-2-4-7(6)11-12(9)10/h1-5,9-10H. The van der Waals surface area contributed by atoms with Gasteiger partial charge in [0.25, 0.3) is 0 Å². The Hall–Kier alpha value is -0.960. The minimum absolute atomic E-state index is 0.184. The van der Waals surface area contributed by atoms with E-state index >= 15 is 0 Å². The second-order valence-electron chi connectivity index (χ2n) is 2.00. The van der Waals surface area contributed by atoms with E-state index in [4.69, 9.17) is 9.79 Å². The Labute approximate surface area is 70.4 Å². The van der Waals surface area contributed by atoms with Crippen LogP contribution < -0.4 is 4.52 Å². The molecule has 0 radical (unpaired) electrons. The molecule has 5 heteroatoms. The molecule has 4 nitrogen and oxygen atoms in total. The van der Waals surface area contributed by atoms with Crippen molar-refractivity contribution in [1.82, 2.24) is 0 Å². The van der Waals surface area contributed by atoms with Gasteiger partial charge in [-0.15, -0.1) is 0 Å². The van der Waals surface area contributed by atoms with Crippen molar-refractivity contribution in [2.75, 3.05) is 0 Å². The molecule has 0 spiro atoms. The summed E-state index contributed by atoms with van der Waals surface area (Å²) in [4.78, 5) is 27.4. The van der Waals surface area contributed by atoms with E-state index in [9.17, 15) is 4.79 Å². The topological polar surface area (TPSA) is 66.8 Å². The molecule has 64 valence electrons. The van der Waals surface area contributed by atoms with Gasteiger partial charge in [0.2, 0.25) is 0 Å². The minimum Gasteiger partial charge on any atom is -0.426 e. The fraction of sp³-hybridized carbons (Fsp3) is 0. The third kappa shape index (κ3) is 2.27. The molecule has 0 fully saturated rings. The van der Waals surface area contributed by atoms with Crippen LogP contribution in [0.1, 0.15) is 10.4 Å². The maximum atomic E-state index is 10.4. The van der Waals surface area contributed by atoms with Crippen LogP contribution in [0.25, 0.3) is 0 Å². The van der Waals surface area contributed by atoms with Crippen molar-refractivity contribution in [3.05, 3.63) is 29.8 Å². The summed E-state index contributed by atoms with van der Waals surface area (Å²) in [7, 11) is -2.46. The zero-order valence-electron chi connectivity index (χ0n) is 6.04. The molecule has 0 saturated heterocycles. The van der Waals surface area contributed by atoms with Gasteiger partial charge in [-0.3, -0.25) is 4.79 Å². The lowest BCUT2D eigenvalue weighted by Gasteiger charge is -2.06. The predicted molar refractivity (Wildman–Crippen MR) is 43.8 cm³/mol. The van der Waals surface area contributed by atoms with Crippen molar-refractivity contribution in [2.24, 2.45) is 0 Å². The van der Waals surface area contributed by atoms with Gasteiger partial charge in [-0.05, 0) is 12.1 Å². The normalized spacial score (nSPS) is 9.92. The van der Waals surface area contributed by atoms with E-state index in [1.165, 1.54) is 12.1 Å². The molecule has 0 heterocycles. The maximum Gasteiger partial charge on any atom is 0.391 e. The molecule has 1 aromatic carbocycles. The predicted octanol–water partition coefficient (Wildman–Crippen LogP) is 1.09. The van der Waals surface area contributed by atoms with Crippen molar-refractivity contribution in [3.8, 4) is 5.75 Å². The summed E-state index contributed by atoms with van der Waals surface area (Å²) in [5, 5.41) is 0. The Morgan fingerprint density at radius 1 is 1.33 bits per heavy atom. The second kappa shape index (κ2) is 4.16. The summed E-state index contributed by atoms with van der Waals surface area (Å²) in [5.74, 6) is 0.184. The number of hydrogen-bond donors (Lipinski definition) is 2. The van der Waals surface area contributed by atoms with Gasteiger partial charge in [-0.25, -0.2) is 0 Å². The molecule has 0 aliphatic rings. The van der Waals surface area contributed by atoms with Gasteiger partial charge in [0.15, 0.2) is 6.29 Å². The molecule has 0 saturated carbocycles. The van der Waals surface area contributed by atoms with E-state index < -0.39 is 8.60 Å². The number of rotatable bonds is 3. The Morgan fingerprint density at radius 2 is 2.00 bits per heavy atom. The molecule has 0 bridgehead atoms. The Bertz CT molecular complexity index is 274. The van der Waals surface area contributed by atoms with Crippen molar-refractivity contribution in [2.45, 2.75) is 0 Å². The van der Waals surface area contributed by atoms with Crippen molar-refractivity contribution < 1.29 is 19.1 Å². The maximum absolute atomic E-state index is 10.4. The van der Waals surface area contributed by atoms with Crippen LogP contribution in [0.3, 0.4) is 0 Å². The molecule has 0 unspecified atom stereocenters. The highest BCUT2D eigenvalue weighted by molar-refractivity contribution is 7.39.